The zero-order chi connectivity index (χ0) is 16.4. The molecule has 0 spiro atoms. The molecule has 2 aromatic heterocycles. The lowest BCUT2D eigenvalue weighted by molar-refractivity contribution is 0.0521. The molecule has 0 aliphatic carbocycles. The van der Waals surface area contributed by atoms with Gasteiger partial charge in [0.1, 0.15) is 5.82 Å². The number of ether oxygens (including phenoxy) is 1. The smallest absolute Gasteiger partial charge is 0.359 e. The lowest BCUT2D eigenvalue weighted by atomic mass is 10.1. The van der Waals surface area contributed by atoms with Gasteiger partial charge in [0.05, 0.1) is 17.7 Å². The molecule has 0 aliphatic rings. The fraction of sp³-hybridized carbons (Fsp3) is 0.235. The molecule has 23 heavy (non-hydrogen) atoms. The van der Waals surface area contributed by atoms with Crippen LogP contribution in [0.25, 0.3) is 16.9 Å². The fourth-order valence-electron chi connectivity index (χ4n) is 2.42. The predicted octanol–water partition coefficient (Wildman–Crippen LogP) is 3.27. The number of rotatable bonds is 4. The Morgan fingerprint density at radius 1 is 1.26 bits per heavy atom. The minimum absolute atomic E-state index is 0.128. The zero-order valence-corrected chi connectivity index (χ0v) is 12.9. The van der Waals surface area contributed by atoms with Crippen LogP contribution < -0.4 is 0 Å². The summed E-state index contributed by atoms with van der Waals surface area (Å²) in [5, 5.41) is 4.30. The van der Waals surface area contributed by atoms with E-state index in [1.54, 1.807) is 43.5 Å². The maximum absolute atomic E-state index is 14.6. The van der Waals surface area contributed by atoms with E-state index < -0.39 is 5.97 Å². The standard InChI is InChI=1S/C17H16FN3O2/c1-3-11-7-5-8-12(14(11)18)16-19-15(17(22)23-4-2)13-9-6-10-21(13)20-16/h5-10H,3-4H2,1-2H3. The summed E-state index contributed by atoms with van der Waals surface area (Å²) in [6.07, 6.45) is 2.25. The number of carbonyl (C=O) groups is 1. The van der Waals surface area contributed by atoms with E-state index in [4.69, 9.17) is 4.74 Å². The Morgan fingerprint density at radius 3 is 2.83 bits per heavy atom. The average Bonchev–Trinajstić information content (AvgIpc) is 3.02. The van der Waals surface area contributed by atoms with Crippen LogP contribution in [0.4, 0.5) is 4.39 Å². The first kappa shape index (κ1) is 15.1. The number of fused-ring (bicyclic) bond motifs is 1. The lowest BCUT2D eigenvalue weighted by Gasteiger charge is -2.09. The Morgan fingerprint density at radius 2 is 2.09 bits per heavy atom. The lowest BCUT2D eigenvalue weighted by Crippen LogP contribution is -2.12. The van der Waals surface area contributed by atoms with Crippen molar-refractivity contribution in [2.24, 2.45) is 0 Å². The summed E-state index contributed by atoms with van der Waals surface area (Å²) in [4.78, 5) is 16.4. The van der Waals surface area contributed by atoms with Crippen molar-refractivity contribution in [3.63, 3.8) is 0 Å². The minimum atomic E-state index is -0.549. The Hall–Kier alpha value is -2.76. The second kappa shape index (κ2) is 6.16. The molecule has 118 valence electrons. The summed E-state index contributed by atoms with van der Waals surface area (Å²) >= 11 is 0. The number of aryl methyl sites for hydroxylation is 1. The van der Waals surface area contributed by atoms with E-state index in [1.165, 1.54) is 4.52 Å². The van der Waals surface area contributed by atoms with Crippen molar-refractivity contribution in [3.05, 3.63) is 53.6 Å². The van der Waals surface area contributed by atoms with E-state index in [9.17, 15) is 9.18 Å². The second-order valence-electron chi connectivity index (χ2n) is 4.97. The monoisotopic (exact) mass is 313 g/mol. The molecule has 0 unspecified atom stereocenters. The third-order valence-electron chi connectivity index (χ3n) is 3.56. The molecule has 0 fully saturated rings. The van der Waals surface area contributed by atoms with Crippen LogP contribution in [0.5, 0.6) is 0 Å². The van der Waals surface area contributed by atoms with E-state index in [2.05, 4.69) is 10.1 Å². The summed E-state index contributed by atoms with van der Waals surface area (Å²) in [7, 11) is 0. The van der Waals surface area contributed by atoms with Crippen molar-refractivity contribution < 1.29 is 13.9 Å². The van der Waals surface area contributed by atoms with Gasteiger partial charge in [0.25, 0.3) is 0 Å². The van der Waals surface area contributed by atoms with Gasteiger partial charge < -0.3 is 4.74 Å². The van der Waals surface area contributed by atoms with Gasteiger partial charge in [-0.05, 0) is 37.1 Å². The van der Waals surface area contributed by atoms with Crippen LogP contribution in [-0.2, 0) is 11.2 Å². The molecule has 0 N–H and O–H groups in total. The first-order chi connectivity index (χ1) is 11.2. The van der Waals surface area contributed by atoms with Gasteiger partial charge in [-0.1, -0.05) is 19.1 Å². The summed E-state index contributed by atoms with van der Waals surface area (Å²) < 4.78 is 21.1. The molecule has 3 aromatic rings. The number of nitrogens with zero attached hydrogens (tertiary/aromatic N) is 3. The summed E-state index contributed by atoms with van der Waals surface area (Å²) in [5.74, 6) is -0.757. The number of aromatic nitrogens is 3. The number of hydrogen-bond donors (Lipinski definition) is 0. The van der Waals surface area contributed by atoms with Crippen LogP contribution >= 0.6 is 0 Å². The van der Waals surface area contributed by atoms with Gasteiger partial charge in [0.15, 0.2) is 11.5 Å². The van der Waals surface area contributed by atoms with Crippen molar-refractivity contribution in [1.29, 1.82) is 0 Å². The van der Waals surface area contributed by atoms with Crippen LogP contribution in [0.3, 0.4) is 0 Å². The van der Waals surface area contributed by atoms with Gasteiger partial charge in [-0.25, -0.2) is 18.7 Å². The van der Waals surface area contributed by atoms with Crippen molar-refractivity contribution >= 4 is 11.5 Å². The highest BCUT2D eigenvalue weighted by atomic mass is 19.1. The zero-order valence-electron chi connectivity index (χ0n) is 12.9. The van der Waals surface area contributed by atoms with Gasteiger partial charge in [0.2, 0.25) is 0 Å². The maximum Gasteiger partial charge on any atom is 0.359 e. The Bertz CT molecular complexity index is 873. The van der Waals surface area contributed by atoms with Crippen molar-refractivity contribution in [1.82, 2.24) is 14.6 Å². The molecule has 0 aliphatic heterocycles. The largest absolute Gasteiger partial charge is 0.461 e. The molecule has 3 rings (SSSR count). The van der Waals surface area contributed by atoms with E-state index in [0.29, 0.717) is 17.5 Å². The molecule has 0 atom stereocenters. The van der Waals surface area contributed by atoms with Crippen LogP contribution in [0.1, 0.15) is 29.9 Å². The van der Waals surface area contributed by atoms with Crippen LogP contribution in [0, 0.1) is 5.82 Å². The number of hydrogen-bond acceptors (Lipinski definition) is 4. The maximum atomic E-state index is 14.6. The molecule has 0 radical (unpaired) electrons. The molecule has 0 saturated heterocycles. The Labute approximate surface area is 132 Å². The Balaban J connectivity index is 2.21. The summed E-state index contributed by atoms with van der Waals surface area (Å²) in [5.41, 5.74) is 1.50. The number of benzene rings is 1. The topological polar surface area (TPSA) is 56.5 Å². The second-order valence-corrected chi connectivity index (χ2v) is 4.97. The van der Waals surface area contributed by atoms with Gasteiger partial charge in [-0.2, -0.15) is 0 Å². The molecule has 1 aromatic carbocycles. The van der Waals surface area contributed by atoms with Crippen molar-refractivity contribution in [2.45, 2.75) is 20.3 Å². The molecular weight excluding hydrogens is 297 g/mol. The first-order valence-electron chi connectivity index (χ1n) is 7.46. The third kappa shape index (κ3) is 2.67. The van der Waals surface area contributed by atoms with Crippen LogP contribution in [0.2, 0.25) is 0 Å². The number of halogens is 1. The summed E-state index contributed by atoms with van der Waals surface area (Å²) in [6.45, 7) is 3.84. The molecular formula is C17H16FN3O2. The molecule has 2 heterocycles. The van der Waals surface area contributed by atoms with Crippen molar-refractivity contribution in [3.8, 4) is 11.4 Å². The van der Waals surface area contributed by atoms with E-state index >= 15 is 0 Å². The Kier molecular flexibility index (Phi) is 4.06. The van der Waals surface area contributed by atoms with E-state index in [-0.39, 0.29) is 29.5 Å². The first-order valence-corrected chi connectivity index (χ1v) is 7.46. The molecule has 5 nitrogen and oxygen atoms in total. The normalized spacial score (nSPS) is 10.9. The molecule has 0 saturated carbocycles. The SMILES string of the molecule is CCOC(=O)c1nc(-c2cccc(CC)c2F)nn2cccc12. The fourth-order valence-corrected chi connectivity index (χ4v) is 2.42. The number of esters is 1. The molecule has 0 amide bonds. The average molecular weight is 313 g/mol. The highest BCUT2D eigenvalue weighted by Gasteiger charge is 2.19. The third-order valence-corrected chi connectivity index (χ3v) is 3.56. The number of carbonyl (C=O) groups excluding carboxylic acids is 1. The quantitative estimate of drug-likeness (QED) is 0.694. The van der Waals surface area contributed by atoms with Gasteiger partial charge >= 0.3 is 5.97 Å². The van der Waals surface area contributed by atoms with Crippen LogP contribution in [-0.4, -0.2) is 27.2 Å². The van der Waals surface area contributed by atoms with Crippen molar-refractivity contribution in [2.75, 3.05) is 6.61 Å². The molecule has 6 heteroatoms. The highest BCUT2D eigenvalue weighted by molar-refractivity contribution is 5.95. The predicted molar refractivity (Wildman–Crippen MR) is 83.7 cm³/mol. The highest BCUT2D eigenvalue weighted by Crippen LogP contribution is 2.23. The van der Waals surface area contributed by atoms with E-state index in [0.717, 1.165) is 0 Å². The van der Waals surface area contributed by atoms with Crippen LogP contribution in [0.15, 0.2) is 36.5 Å². The minimum Gasteiger partial charge on any atom is -0.461 e. The molecule has 0 bridgehead atoms. The van der Waals surface area contributed by atoms with Gasteiger partial charge in [-0.15, -0.1) is 5.10 Å². The van der Waals surface area contributed by atoms with E-state index in [1.807, 2.05) is 6.92 Å². The van der Waals surface area contributed by atoms with Gasteiger partial charge in [0, 0.05) is 6.20 Å². The van der Waals surface area contributed by atoms with Gasteiger partial charge in [-0.3, -0.25) is 0 Å². The summed E-state index contributed by atoms with van der Waals surface area (Å²) in [6, 6.07) is 8.54.